The van der Waals surface area contributed by atoms with Gasteiger partial charge in [0.25, 0.3) is 0 Å². The van der Waals surface area contributed by atoms with Gasteiger partial charge in [0.1, 0.15) is 5.82 Å². The van der Waals surface area contributed by atoms with Crippen molar-refractivity contribution in [2.75, 3.05) is 13.1 Å². The van der Waals surface area contributed by atoms with E-state index in [9.17, 15) is 4.39 Å². The first-order chi connectivity index (χ1) is 8.70. The highest BCUT2D eigenvalue weighted by Gasteiger charge is 2.24. The molecule has 0 amide bonds. The fourth-order valence-corrected chi connectivity index (χ4v) is 3.90. The van der Waals surface area contributed by atoms with Crippen molar-refractivity contribution in [3.63, 3.8) is 0 Å². The number of hydrogen-bond acceptors (Lipinski definition) is 1. The summed E-state index contributed by atoms with van der Waals surface area (Å²) < 4.78 is 17.0. The Kier molecular flexibility index (Phi) is 3.16. The lowest BCUT2D eigenvalue weighted by Gasteiger charge is -2.24. The van der Waals surface area contributed by atoms with Crippen molar-refractivity contribution in [1.29, 1.82) is 0 Å². The molecule has 1 aromatic carbocycles. The Labute approximate surface area is 114 Å². The Morgan fingerprint density at radius 3 is 2.72 bits per heavy atom. The maximum absolute atomic E-state index is 14.0. The Balaban J connectivity index is 2.20. The molecule has 0 saturated carbocycles. The molecule has 0 atom stereocenters. The zero-order valence-electron chi connectivity index (χ0n) is 10.3. The summed E-state index contributed by atoms with van der Waals surface area (Å²) in [6, 6.07) is 5.28. The van der Waals surface area contributed by atoms with E-state index in [1.807, 2.05) is 17.7 Å². The summed E-state index contributed by atoms with van der Waals surface area (Å²) in [6.45, 7) is 2.09. The number of aromatic nitrogens is 1. The zero-order valence-corrected chi connectivity index (χ0v) is 11.9. The van der Waals surface area contributed by atoms with Gasteiger partial charge in [0.2, 0.25) is 0 Å². The lowest BCUT2D eigenvalue weighted by atomic mass is 9.94. The van der Waals surface area contributed by atoms with Gasteiger partial charge in [-0.15, -0.1) is 0 Å². The summed E-state index contributed by atoms with van der Waals surface area (Å²) in [6.07, 6.45) is 2.23. The average molecular weight is 311 g/mol. The third-order valence-electron chi connectivity index (χ3n) is 3.87. The summed E-state index contributed by atoms with van der Waals surface area (Å²) >= 11 is 3.66. The molecule has 0 bridgehead atoms. The first kappa shape index (κ1) is 12.2. The molecule has 2 heterocycles. The molecule has 2 aromatic rings. The number of halogens is 2. The minimum Gasteiger partial charge on any atom is -0.344 e. The quantitative estimate of drug-likeness (QED) is 0.852. The second kappa shape index (κ2) is 4.67. The van der Waals surface area contributed by atoms with Crippen LogP contribution in [0.15, 0.2) is 22.7 Å². The van der Waals surface area contributed by atoms with Gasteiger partial charge in [-0.3, -0.25) is 0 Å². The maximum atomic E-state index is 14.0. The third kappa shape index (κ3) is 1.79. The number of aryl methyl sites for hydroxylation is 1. The third-order valence-corrected chi connectivity index (χ3v) is 4.70. The number of fused-ring (bicyclic) bond motifs is 1. The lowest BCUT2D eigenvalue weighted by Crippen LogP contribution is -2.27. The van der Waals surface area contributed by atoms with Crippen LogP contribution in [0.2, 0.25) is 0 Å². The van der Waals surface area contributed by atoms with Crippen molar-refractivity contribution >= 4 is 26.8 Å². The summed E-state index contributed by atoms with van der Waals surface area (Å²) in [5, 5.41) is 4.35. The predicted octanol–water partition coefficient (Wildman–Crippen LogP) is 3.55. The SMILES string of the molecule is Cn1c(C2CCNCC2)c(Br)c2cccc(F)c21. The van der Waals surface area contributed by atoms with E-state index >= 15 is 0 Å². The number of nitrogens with one attached hydrogen (secondary N) is 1. The number of hydrogen-bond donors (Lipinski definition) is 1. The summed E-state index contributed by atoms with van der Waals surface area (Å²) in [5.41, 5.74) is 1.94. The molecule has 1 N–H and O–H groups in total. The van der Waals surface area contributed by atoms with Gasteiger partial charge < -0.3 is 9.88 Å². The van der Waals surface area contributed by atoms with E-state index in [-0.39, 0.29) is 5.82 Å². The van der Waals surface area contributed by atoms with E-state index in [4.69, 9.17) is 0 Å². The Bertz CT molecular complexity index is 585. The Hall–Kier alpha value is -0.870. The molecule has 2 nitrogen and oxygen atoms in total. The van der Waals surface area contributed by atoms with Crippen LogP contribution in [-0.4, -0.2) is 17.7 Å². The maximum Gasteiger partial charge on any atom is 0.147 e. The van der Waals surface area contributed by atoms with Crippen LogP contribution in [0.3, 0.4) is 0 Å². The van der Waals surface area contributed by atoms with Crippen molar-refractivity contribution in [3.05, 3.63) is 34.2 Å². The van der Waals surface area contributed by atoms with Gasteiger partial charge in [0.15, 0.2) is 0 Å². The van der Waals surface area contributed by atoms with Gasteiger partial charge in [0, 0.05) is 28.5 Å². The summed E-state index contributed by atoms with van der Waals surface area (Å²) in [5.74, 6) is 0.369. The number of rotatable bonds is 1. The normalized spacial score (nSPS) is 17.5. The molecule has 96 valence electrons. The highest BCUT2D eigenvalue weighted by Crippen LogP contribution is 2.38. The van der Waals surface area contributed by atoms with E-state index in [0.717, 1.165) is 35.8 Å². The van der Waals surface area contributed by atoms with Crippen LogP contribution >= 0.6 is 15.9 Å². The van der Waals surface area contributed by atoms with Crippen molar-refractivity contribution in [3.8, 4) is 0 Å². The standard InChI is InChI=1S/C14H16BrFN2/c1-18-13(9-5-7-17-8-6-9)12(15)10-3-2-4-11(16)14(10)18/h2-4,9,17H,5-8H2,1H3. The van der Waals surface area contributed by atoms with Crippen LogP contribution in [0.5, 0.6) is 0 Å². The van der Waals surface area contributed by atoms with Crippen molar-refractivity contribution in [2.45, 2.75) is 18.8 Å². The molecule has 0 unspecified atom stereocenters. The van der Waals surface area contributed by atoms with Crippen LogP contribution in [-0.2, 0) is 7.05 Å². The van der Waals surface area contributed by atoms with Crippen LogP contribution in [0, 0.1) is 5.82 Å². The van der Waals surface area contributed by atoms with Crippen LogP contribution in [0.1, 0.15) is 24.5 Å². The molecular weight excluding hydrogens is 295 g/mol. The molecule has 1 aromatic heterocycles. The second-order valence-corrected chi connectivity index (χ2v) is 5.71. The highest BCUT2D eigenvalue weighted by atomic mass is 79.9. The zero-order chi connectivity index (χ0) is 12.7. The van der Waals surface area contributed by atoms with Crippen LogP contribution in [0.4, 0.5) is 4.39 Å². The van der Waals surface area contributed by atoms with Crippen LogP contribution < -0.4 is 5.32 Å². The smallest absolute Gasteiger partial charge is 0.147 e. The van der Waals surface area contributed by atoms with Crippen molar-refractivity contribution < 1.29 is 4.39 Å². The number of nitrogens with zero attached hydrogens (tertiary/aromatic N) is 1. The molecule has 0 spiro atoms. The molecule has 4 heteroatoms. The monoisotopic (exact) mass is 310 g/mol. The fraction of sp³-hybridized carbons (Fsp3) is 0.429. The highest BCUT2D eigenvalue weighted by molar-refractivity contribution is 9.10. The Morgan fingerprint density at radius 1 is 1.33 bits per heavy atom. The van der Waals surface area contributed by atoms with E-state index in [0.29, 0.717) is 11.4 Å². The minimum absolute atomic E-state index is 0.143. The Morgan fingerprint density at radius 2 is 2.06 bits per heavy atom. The fourth-order valence-electron chi connectivity index (χ4n) is 2.99. The molecule has 0 radical (unpaired) electrons. The van der Waals surface area contributed by atoms with E-state index in [1.54, 1.807) is 6.07 Å². The minimum atomic E-state index is -0.143. The van der Waals surface area contributed by atoms with Gasteiger partial charge in [-0.05, 0) is 47.9 Å². The molecular formula is C14H16BrFN2. The molecule has 3 rings (SSSR count). The van der Waals surface area contributed by atoms with Gasteiger partial charge in [0.05, 0.1) is 5.52 Å². The number of piperidine rings is 1. The summed E-state index contributed by atoms with van der Waals surface area (Å²) in [4.78, 5) is 0. The summed E-state index contributed by atoms with van der Waals surface area (Å²) in [7, 11) is 1.97. The number of para-hydroxylation sites is 1. The van der Waals surface area contributed by atoms with Gasteiger partial charge in [-0.1, -0.05) is 12.1 Å². The first-order valence-corrected chi connectivity index (χ1v) is 7.12. The molecule has 1 fully saturated rings. The molecule has 0 aliphatic carbocycles. The van der Waals surface area contributed by atoms with Gasteiger partial charge in [-0.2, -0.15) is 0 Å². The van der Waals surface area contributed by atoms with E-state index in [2.05, 4.69) is 21.2 Å². The lowest BCUT2D eigenvalue weighted by molar-refractivity contribution is 0.445. The number of benzene rings is 1. The topological polar surface area (TPSA) is 17.0 Å². The van der Waals surface area contributed by atoms with Crippen molar-refractivity contribution in [2.24, 2.45) is 7.05 Å². The average Bonchev–Trinajstić information content (AvgIpc) is 2.64. The first-order valence-electron chi connectivity index (χ1n) is 6.33. The molecule has 1 aliphatic heterocycles. The van der Waals surface area contributed by atoms with E-state index in [1.165, 1.54) is 11.8 Å². The van der Waals surface area contributed by atoms with Gasteiger partial charge >= 0.3 is 0 Å². The van der Waals surface area contributed by atoms with E-state index < -0.39 is 0 Å². The largest absolute Gasteiger partial charge is 0.344 e. The van der Waals surface area contributed by atoms with Crippen molar-refractivity contribution in [1.82, 2.24) is 9.88 Å². The second-order valence-electron chi connectivity index (χ2n) is 4.92. The molecule has 1 aliphatic rings. The van der Waals surface area contributed by atoms with Gasteiger partial charge in [-0.25, -0.2) is 4.39 Å². The predicted molar refractivity (Wildman–Crippen MR) is 75.4 cm³/mol. The molecule has 18 heavy (non-hydrogen) atoms. The van der Waals surface area contributed by atoms with Crippen LogP contribution in [0.25, 0.3) is 10.9 Å². The molecule has 1 saturated heterocycles.